The van der Waals surface area contributed by atoms with Crippen molar-refractivity contribution in [1.29, 1.82) is 0 Å². The second-order valence-corrected chi connectivity index (χ2v) is 6.46. The van der Waals surface area contributed by atoms with Gasteiger partial charge in [-0.05, 0) is 36.8 Å². The molecule has 0 aliphatic heterocycles. The van der Waals surface area contributed by atoms with Crippen LogP contribution >= 0.6 is 0 Å². The van der Waals surface area contributed by atoms with Crippen LogP contribution in [-0.4, -0.2) is 31.7 Å². The maximum atomic E-state index is 12.6. The monoisotopic (exact) mass is 391 g/mol. The summed E-state index contributed by atoms with van der Waals surface area (Å²) in [4.78, 5) is 19.3. The average molecular weight is 391 g/mol. The quantitative estimate of drug-likeness (QED) is 0.617. The number of methoxy groups -OCH3 is 2. The van der Waals surface area contributed by atoms with Crippen LogP contribution in [0.15, 0.2) is 66.9 Å². The van der Waals surface area contributed by atoms with Gasteiger partial charge < -0.3 is 19.7 Å². The predicted octanol–water partition coefficient (Wildman–Crippen LogP) is 4.38. The fraction of sp³-hybridized carbons (Fsp3) is 0.217. The van der Waals surface area contributed by atoms with E-state index in [0.29, 0.717) is 22.7 Å². The first-order chi connectivity index (χ1) is 14.1. The molecule has 0 saturated heterocycles. The zero-order valence-electron chi connectivity index (χ0n) is 16.9. The van der Waals surface area contributed by atoms with E-state index < -0.39 is 0 Å². The van der Waals surface area contributed by atoms with Crippen LogP contribution in [0, 0.1) is 0 Å². The Labute approximate surface area is 171 Å². The molecule has 29 heavy (non-hydrogen) atoms. The smallest absolute Gasteiger partial charge is 0.255 e. The summed E-state index contributed by atoms with van der Waals surface area (Å²) < 4.78 is 10.4. The minimum atomic E-state index is -0.256. The Morgan fingerprint density at radius 3 is 2.24 bits per heavy atom. The Balaban J connectivity index is 1.70. The van der Waals surface area contributed by atoms with E-state index >= 15 is 0 Å². The van der Waals surface area contributed by atoms with Crippen molar-refractivity contribution in [2.45, 2.75) is 13.5 Å². The van der Waals surface area contributed by atoms with Crippen molar-refractivity contribution in [2.75, 3.05) is 31.0 Å². The lowest BCUT2D eigenvalue weighted by Crippen LogP contribution is -2.23. The Hall–Kier alpha value is -3.54. The van der Waals surface area contributed by atoms with Crippen molar-refractivity contribution in [3.63, 3.8) is 0 Å². The molecule has 3 rings (SSSR count). The van der Waals surface area contributed by atoms with E-state index in [4.69, 9.17) is 9.47 Å². The van der Waals surface area contributed by atoms with Crippen molar-refractivity contribution in [3.8, 4) is 11.5 Å². The molecule has 2 aromatic carbocycles. The zero-order valence-corrected chi connectivity index (χ0v) is 16.9. The number of carbonyl (C=O) groups is 1. The van der Waals surface area contributed by atoms with E-state index in [-0.39, 0.29) is 5.91 Å². The number of hydrogen-bond donors (Lipinski definition) is 1. The normalized spacial score (nSPS) is 10.3. The lowest BCUT2D eigenvalue weighted by molar-refractivity contribution is 0.102. The molecule has 1 heterocycles. The molecule has 0 atom stereocenters. The van der Waals surface area contributed by atoms with Gasteiger partial charge in [0.2, 0.25) is 0 Å². The minimum absolute atomic E-state index is 0.256. The summed E-state index contributed by atoms with van der Waals surface area (Å²) in [5, 5.41) is 2.86. The number of anilines is 2. The molecule has 0 bridgehead atoms. The number of rotatable bonds is 8. The molecule has 0 radical (unpaired) electrons. The van der Waals surface area contributed by atoms with Crippen LogP contribution in [-0.2, 0) is 6.54 Å². The number of nitrogens with one attached hydrogen (secondary N) is 1. The lowest BCUT2D eigenvalue weighted by Gasteiger charge is -2.22. The number of ether oxygens (including phenoxy) is 2. The van der Waals surface area contributed by atoms with Gasteiger partial charge >= 0.3 is 0 Å². The number of benzene rings is 2. The van der Waals surface area contributed by atoms with Gasteiger partial charge in [-0.25, -0.2) is 4.98 Å². The first-order valence-corrected chi connectivity index (χ1v) is 9.42. The molecular formula is C23H25N3O3. The fourth-order valence-corrected chi connectivity index (χ4v) is 2.95. The second-order valence-electron chi connectivity index (χ2n) is 6.46. The molecule has 150 valence electrons. The first kappa shape index (κ1) is 20.2. The summed E-state index contributed by atoms with van der Waals surface area (Å²) in [7, 11) is 3.10. The van der Waals surface area contributed by atoms with Crippen LogP contribution in [0.5, 0.6) is 11.5 Å². The molecule has 3 aromatic rings. The van der Waals surface area contributed by atoms with Crippen LogP contribution in [0.2, 0.25) is 0 Å². The number of amides is 1. The summed E-state index contributed by atoms with van der Waals surface area (Å²) in [6.07, 6.45) is 1.66. The van der Waals surface area contributed by atoms with Gasteiger partial charge in [0, 0.05) is 24.7 Å². The summed E-state index contributed by atoms with van der Waals surface area (Å²) in [5.74, 6) is 1.72. The van der Waals surface area contributed by atoms with Gasteiger partial charge in [0.05, 0.1) is 26.1 Å². The largest absolute Gasteiger partial charge is 0.497 e. The predicted molar refractivity (Wildman–Crippen MR) is 115 cm³/mol. The lowest BCUT2D eigenvalue weighted by atomic mass is 10.2. The van der Waals surface area contributed by atoms with E-state index in [1.165, 1.54) is 5.56 Å². The van der Waals surface area contributed by atoms with E-state index in [2.05, 4.69) is 34.3 Å². The molecule has 1 aromatic heterocycles. The number of nitrogens with zero attached hydrogens (tertiary/aromatic N) is 2. The topological polar surface area (TPSA) is 63.7 Å². The number of aromatic nitrogens is 1. The zero-order chi connectivity index (χ0) is 20.6. The van der Waals surface area contributed by atoms with E-state index in [1.54, 1.807) is 38.6 Å². The molecule has 0 aliphatic rings. The van der Waals surface area contributed by atoms with Gasteiger partial charge in [-0.1, -0.05) is 30.3 Å². The van der Waals surface area contributed by atoms with E-state index in [9.17, 15) is 4.79 Å². The first-order valence-electron chi connectivity index (χ1n) is 9.42. The van der Waals surface area contributed by atoms with Crippen molar-refractivity contribution < 1.29 is 14.3 Å². The highest BCUT2D eigenvalue weighted by molar-refractivity contribution is 6.04. The molecule has 0 unspecified atom stereocenters. The Morgan fingerprint density at radius 2 is 1.69 bits per heavy atom. The minimum Gasteiger partial charge on any atom is -0.497 e. The van der Waals surface area contributed by atoms with Crippen molar-refractivity contribution in [1.82, 2.24) is 4.98 Å². The summed E-state index contributed by atoms with van der Waals surface area (Å²) in [6, 6.07) is 19.1. The van der Waals surface area contributed by atoms with E-state index in [0.717, 1.165) is 18.9 Å². The van der Waals surface area contributed by atoms with Gasteiger partial charge in [-0.2, -0.15) is 0 Å². The molecule has 1 N–H and O–H groups in total. The maximum absolute atomic E-state index is 12.6. The third-order valence-electron chi connectivity index (χ3n) is 4.54. The summed E-state index contributed by atoms with van der Waals surface area (Å²) in [5.41, 5.74) is 2.29. The summed E-state index contributed by atoms with van der Waals surface area (Å²) >= 11 is 0. The molecular weight excluding hydrogens is 366 g/mol. The van der Waals surface area contributed by atoms with Crippen LogP contribution in [0.25, 0.3) is 0 Å². The van der Waals surface area contributed by atoms with Crippen LogP contribution < -0.4 is 19.7 Å². The second kappa shape index (κ2) is 9.59. The van der Waals surface area contributed by atoms with Gasteiger partial charge in [0.15, 0.2) is 0 Å². The molecule has 0 aliphatic carbocycles. The Kier molecular flexibility index (Phi) is 6.68. The Morgan fingerprint density at radius 1 is 1.00 bits per heavy atom. The standard InChI is InChI=1S/C23H25N3O3/c1-4-26(16-17-8-6-5-7-9-17)22-11-10-19(15-24-22)25-23(27)18-12-20(28-2)14-21(13-18)29-3/h5-15H,4,16H2,1-3H3,(H,25,27). The fourth-order valence-electron chi connectivity index (χ4n) is 2.95. The molecule has 1 amide bonds. The molecule has 0 spiro atoms. The number of pyridine rings is 1. The van der Waals surface area contributed by atoms with Crippen molar-refractivity contribution >= 4 is 17.4 Å². The highest BCUT2D eigenvalue weighted by Gasteiger charge is 2.12. The SMILES string of the molecule is CCN(Cc1ccccc1)c1ccc(NC(=O)c2cc(OC)cc(OC)c2)cn1. The van der Waals surface area contributed by atoms with Gasteiger partial charge in [-0.3, -0.25) is 4.79 Å². The molecule has 6 heteroatoms. The van der Waals surface area contributed by atoms with Crippen molar-refractivity contribution in [3.05, 3.63) is 78.0 Å². The third-order valence-corrected chi connectivity index (χ3v) is 4.54. The van der Waals surface area contributed by atoms with Gasteiger partial charge in [-0.15, -0.1) is 0 Å². The highest BCUT2D eigenvalue weighted by Crippen LogP contribution is 2.23. The number of hydrogen-bond acceptors (Lipinski definition) is 5. The van der Waals surface area contributed by atoms with Gasteiger partial charge in [0.1, 0.15) is 17.3 Å². The summed E-state index contributed by atoms with van der Waals surface area (Å²) in [6.45, 7) is 3.70. The Bertz CT molecular complexity index is 921. The molecule has 0 saturated carbocycles. The van der Waals surface area contributed by atoms with Crippen LogP contribution in [0.1, 0.15) is 22.8 Å². The third kappa shape index (κ3) is 5.25. The molecule has 0 fully saturated rings. The van der Waals surface area contributed by atoms with Crippen molar-refractivity contribution in [2.24, 2.45) is 0 Å². The van der Waals surface area contributed by atoms with Crippen LogP contribution in [0.3, 0.4) is 0 Å². The number of carbonyl (C=O) groups excluding carboxylic acids is 1. The van der Waals surface area contributed by atoms with Crippen LogP contribution in [0.4, 0.5) is 11.5 Å². The highest BCUT2D eigenvalue weighted by atomic mass is 16.5. The van der Waals surface area contributed by atoms with Gasteiger partial charge in [0.25, 0.3) is 5.91 Å². The average Bonchev–Trinajstić information content (AvgIpc) is 2.78. The van der Waals surface area contributed by atoms with E-state index in [1.807, 2.05) is 30.3 Å². The molecule has 6 nitrogen and oxygen atoms in total. The maximum Gasteiger partial charge on any atom is 0.255 e.